The summed E-state index contributed by atoms with van der Waals surface area (Å²) in [6.45, 7) is 5.06. The number of amides is 1. The number of likely N-dealkylation sites (tertiary alicyclic amines) is 1. The summed E-state index contributed by atoms with van der Waals surface area (Å²) in [6.07, 6.45) is 0.730. The third kappa shape index (κ3) is 5.31. The Morgan fingerprint density at radius 1 is 1.09 bits per heavy atom. The molecule has 1 fully saturated rings. The van der Waals surface area contributed by atoms with Crippen molar-refractivity contribution in [3.05, 3.63) is 70.3 Å². The molecule has 0 spiro atoms. The van der Waals surface area contributed by atoms with Gasteiger partial charge in [-0.2, -0.15) is 0 Å². The topological polar surface area (TPSA) is 70.1 Å². The van der Waals surface area contributed by atoms with Crippen molar-refractivity contribution < 1.29 is 19.4 Å². The molecule has 0 aromatic heterocycles. The Morgan fingerprint density at radius 3 is 2.28 bits per heavy atom. The third-order valence-corrected chi connectivity index (χ3v) is 5.48. The predicted octanol–water partition coefficient (Wildman–Crippen LogP) is 4.50. The fourth-order valence-corrected chi connectivity index (χ4v) is 3.90. The van der Waals surface area contributed by atoms with Crippen molar-refractivity contribution in [1.29, 1.82) is 0 Å². The zero-order chi connectivity index (χ0) is 23.4. The van der Waals surface area contributed by atoms with Crippen LogP contribution in [0.5, 0.6) is 5.75 Å². The first-order valence-electron chi connectivity index (χ1n) is 10.6. The van der Waals surface area contributed by atoms with Gasteiger partial charge in [0, 0.05) is 17.1 Å². The molecule has 1 amide bonds. The molecule has 1 heterocycles. The maximum absolute atomic E-state index is 13.0. The maximum atomic E-state index is 13.0. The molecule has 0 unspecified atom stereocenters. The molecule has 32 heavy (non-hydrogen) atoms. The van der Waals surface area contributed by atoms with Gasteiger partial charge in [0.05, 0.1) is 17.7 Å². The number of aliphatic hydroxyl groups excluding tert-OH is 1. The minimum absolute atomic E-state index is 0.0300. The highest BCUT2D eigenvalue weighted by Gasteiger charge is 2.45. The Hall–Kier alpha value is -2.83. The number of rotatable bonds is 8. The van der Waals surface area contributed by atoms with Crippen molar-refractivity contribution in [3.63, 3.8) is 0 Å². The summed E-state index contributed by atoms with van der Waals surface area (Å²) in [7, 11) is 3.92. The van der Waals surface area contributed by atoms with Crippen LogP contribution in [0.25, 0.3) is 5.76 Å². The number of carbonyl (C=O) groups is 2. The fourth-order valence-electron chi connectivity index (χ4n) is 3.78. The van der Waals surface area contributed by atoms with Crippen molar-refractivity contribution in [2.75, 3.05) is 27.2 Å². The first kappa shape index (κ1) is 23.8. The van der Waals surface area contributed by atoms with Crippen LogP contribution in [-0.4, -0.2) is 59.9 Å². The van der Waals surface area contributed by atoms with E-state index in [0.29, 0.717) is 29.3 Å². The van der Waals surface area contributed by atoms with Gasteiger partial charge in [-0.3, -0.25) is 9.59 Å². The lowest BCUT2D eigenvalue weighted by Crippen LogP contribution is -2.32. The van der Waals surface area contributed by atoms with Crippen LogP contribution < -0.4 is 4.74 Å². The molecular weight excluding hydrogens is 428 g/mol. The first-order chi connectivity index (χ1) is 15.2. The van der Waals surface area contributed by atoms with E-state index in [9.17, 15) is 14.7 Å². The number of carbonyl (C=O) groups excluding carboxylic acids is 2. The van der Waals surface area contributed by atoms with E-state index in [1.807, 2.05) is 57.1 Å². The van der Waals surface area contributed by atoms with Gasteiger partial charge in [0.25, 0.3) is 11.7 Å². The van der Waals surface area contributed by atoms with Gasteiger partial charge >= 0.3 is 0 Å². The smallest absolute Gasteiger partial charge is 0.295 e. The third-order valence-electron chi connectivity index (χ3n) is 5.23. The minimum atomic E-state index is -0.685. The summed E-state index contributed by atoms with van der Waals surface area (Å²) >= 11 is 5.97. The number of nitrogens with zero attached hydrogens (tertiary/aromatic N) is 2. The second kappa shape index (κ2) is 10.2. The monoisotopic (exact) mass is 456 g/mol. The van der Waals surface area contributed by atoms with E-state index in [1.54, 1.807) is 29.2 Å². The summed E-state index contributed by atoms with van der Waals surface area (Å²) in [5, 5.41) is 11.6. The maximum Gasteiger partial charge on any atom is 0.295 e. The average molecular weight is 457 g/mol. The highest BCUT2D eigenvalue weighted by atomic mass is 35.5. The highest BCUT2D eigenvalue weighted by molar-refractivity contribution is 6.46. The molecule has 7 heteroatoms. The van der Waals surface area contributed by atoms with Gasteiger partial charge in [0.2, 0.25) is 0 Å². The summed E-state index contributed by atoms with van der Waals surface area (Å²) in [5.41, 5.74) is 1.26. The molecule has 0 bridgehead atoms. The number of ketones is 1. The predicted molar refractivity (Wildman–Crippen MR) is 126 cm³/mol. The van der Waals surface area contributed by atoms with Crippen LogP contribution in [0.1, 0.15) is 37.4 Å². The van der Waals surface area contributed by atoms with E-state index in [-0.39, 0.29) is 17.4 Å². The molecule has 0 saturated carbocycles. The molecule has 2 aromatic carbocycles. The minimum Gasteiger partial charge on any atom is -0.507 e. The van der Waals surface area contributed by atoms with E-state index < -0.39 is 17.7 Å². The van der Waals surface area contributed by atoms with Gasteiger partial charge in [0.1, 0.15) is 11.5 Å². The van der Waals surface area contributed by atoms with Crippen LogP contribution in [-0.2, 0) is 9.59 Å². The molecule has 1 atom stereocenters. The molecule has 1 saturated heterocycles. The summed E-state index contributed by atoms with van der Waals surface area (Å²) in [6, 6.07) is 13.2. The Kier molecular flexibility index (Phi) is 7.59. The number of halogens is 1. The number of benzene rings is 2. The van der Waals surface area contributed by atoms with E-state index in [0.717, 1.165) is 12.1 Å². The van der Waals surface area contributed by atoms with Crippen LogP contribution in [0, 0.1) is 0 Å². The number of ether oxygens (including phenoxy) is 1. The van der Waals surface area contributed by atoms with Crippen molar-refractivity contribution in [2.24, 2.45) is 0 Å². The SMILES string of the molecule is CC(C)Oc1ccc([C@H]2/C(=C(\O)c3ccc(Cl)cc3)C(=O)C(=O)N2CCCN(C)C)cc1. The molecule has 0 aliphatic carbocycles. The molecule has 1 aliphatic rings. The van der Waals surface area contributed by atoms with E-state index in [2.05, 4.69) is 0 Å². The number of hydrogen-bond acceptors (Lipinski definition) is 5. The Balaban J connectivity index is 2.05. The molecule has 1 aliphatic heterocycles. The Morgan fingerprint density at radius 2 is 1.72 bits per heavy atom. The Labute approximate surface area is 194 Å². The summed E-state index contributed by atoms with van der Waals surface area (Å²) < 4.78 is 5.72. The lowest BCUT2D eigenvalue weighted by molar-refractivity contribution is -0.139. The second-order valence-corrected chi connectivity index (χ2v) is 8.83. The van der Waals surface area contributed by atoms with Crippen molar-refractivity contribution in [3.8, 4) is 5.75 Å². The van der Waals surface area contributed by atoms with Crippen LogP contribution in [0.4, 0.5) is 0 Å². The lowest BCUT2D eigenvalue weighted by Gasteiger charge is -2.26. The van der Waals surface area contributed by atoms with Crippen LogP contribution in [0.2, 0.25) is 5.02 Å². The molecular formula is C25H29ClN2O4. The highest BCUT2D eigenvalue weighted by Crippen LogP contribution is 2.40. The van der Waals surface area contributed by atoms with E-state index in [1.165, 1.54) is 0 Å². The second-order valence-electron chi connectivity index (χ2n) is 8.39. The Bertz CT molecular complexity index is 998. The van der Waals surface area contributed by atoms with Crippen molar-refractivity contribution >= 4 is 29.1 Å². The van der Waals surface area contributed by atoms with Crippen LogP contribution in [0.15, 0.2) is 54.1 Å². The summed E-state index contributed by atoms with van der Waals surface area (Å²) in [4.78, 5) is 29.5. The first-order valence-corrected chi connectivity index (χ1v) is 11.0. The molecule has 6 nitrogen and oxygen atoms in total. The largest absolute Gasteiger partial charge is 0.507 e. The standard InChI is InChI=1S/C25H29ClN2O4/c1-16(2)32-20-12-8-17(9-13-20)22-21(23(29)18-6-10-19(26)11-7-18)24(30)25(31)28(22)15-5-14-27(3)4/h6-13,16,22,29H,5,14-15H2,1-4H3/b23-21+/t22-/m0/s1. The molecule has 1 N–H and O–H groups in total. The molecule has 2 aromatic rings. The summed E-state index contributed by atoms with van der Waals surface area (Å²) in [5.74, 6) is -0.796. The van der Waals surface area contributed by atoms with Gasteiger partial charge in [-0.25, -0.2) is 0 Å². The number of Topliss-reactive ketones (excluding diaryl/α,β-unsaturated/α-hetero) is 1. The van der Waals surface area contributed by atoms with Gasteiger partial charge < -0.3 is 19.6 Å². The van der Waals surface area contributed by atoms with Gasteiger partial charge in [-0.05, 0) is 82.9 Å². The van der Waals surface area contributed by atoms with Crippen LogP contribution >= 0.6 is 11.6 Å². The average Bonchev–Trinajstić information content (AvgIpc) is 2.99. The van der Waals surface area contributed by atoms with E-state index in [4.69, 9.17) is 16.3 Å². The molecule has 0 radical (unpaired) electrons. The number of hydrogen-bond donors (Lipinski definition) is 1. The van der Waals surface area contributed by atoms with Crippen LogP contribution in [0.3, 0.4) is 0 Å². The van der Waals surface area contributed by atoms with Gasteiger partial charge in [0.15, 0.2) is 0 Å². The zero-order valence-corrected chi connectivity index (χ0v) is 19.6. The van der Waals surface area contributed by atoms with Crippen molar-refractivity contribution in [2.45, 2.75) is 32.4 Å². The molecule has 3 rings (SSSR count). The normalized spacial score (nSPS) is 18.1. The zero-order valence-electron chi connectivity index (χ0n) is 18.8. The van der Waals surface area contributed by atoms with Crippen molar-refractivity contribution in [1.82, 2.24) is 9.80 Å². The van der Waals surface area contributed by atoms with Gasteiger partial charge in [-0.15, -0.1) is 0 Å². The fraction of sp³-hybridized carbons (Fsp3) is 0.360. The number of aliphatic hydroxyl groups is 1. The van der Waals surface area contributed by atoms with E-state index >= 15 is 0 Å². The van der Waals surface area contributed by atoms with Gasteiger partial charge in [-0.1, -0.05) is 23.7 Å². The molecule has 170 valence electrons. The lowest BCUT2D eigenvalue weighted by atomic mass is 9.95. The quantitative estimate of drug-likeness (QED) is 0.360.